The number of hydrogen-bond donors (Lipinski definition) is 0. The third-order valence-corrected chi connectivity index (χ3v) is 4.11. The van der Waals surface area contributed by atoms with Gasteiger partial charge < -0.3 is 0 Å². The maximum atomic E-state index is 11.5. The lowest BCUT2D eigenvalue weighted by Gasteiger charge is -2.28. The highest BCUT2D eigenvalue weighted by molar-refractivity contribution is 6.35. The van der Waals surface area contributed by atoms with Crippen LogP contribution in [-0.4, -0.2) is 29.3 Å². The first-order valence-electron chi connectivity index (χ1n) is 6.52. The van der Waals surface area contributed by atoms with E-state index in [1.165, 1.54) is 0 Å². The van der Waals surface area contributed by atoms with E-state index in [4.69, 9.17) is 11.6 Å². The molecule has 0 radical (unpaired) electrons. The van der Waals surface area contributed by atoms with Gasteiger partial charge in [-0.3, -0.25) is 14.7 Å². The van der Waals surface area contributed by atoms with Crippen molar-refractivity contribution in [1.82, 2.24) is 9.88 Å². The van der Waals surface area contributed by atoms with Crippen LogP contribution >= 0.6 is 11.6 Å². The molecule has 0 atom stereocenters. The molecule has 0 unspecified atom stereocenters. The molecule has 0 fully saturated rings. The van der Waals surface area contributed by atoms with Crippen LogP contribution in [0.1, 0.15) is 28.5 Å². The number of nitrogens with zero attached hydrogens (tertiary/aromatic N) is 2. The van der Waals surface area contributed by atoms with E-state index in [1.54, 1.807) is 0 Å². The Morgan fingerprint density at radius 1 is 1.47 bits per heavy atom. The van der Waals surface area contributed by atoms with Gasteiger partial charge in [-0.15, -0.1) is 0 Å². The van der Waals surface area contributed by atoms with Crippen LogP contribution in [0.3, 0.4) is 0 Å². The maximum Gasteiger partial charge on any atom is 0.151 e. The van der Waals surface area contributed by atoms with Crippen molar-refractivity contribution in [2.75, 3.05) is 13.1 Å². The van der Waals surface area contributed by atoms with E-state index >= 15 is 0 Å². The van der Waals surface area contributed by atoms with Gasteiger partial charge in [-0.1, -0.05) is 30.7 Å². The Morgan fingerprint density at radius 3 is 3.05 bits per heavy atom. The predicted molar refractivity (Wildman–Crippen MR) is 76.8 cm³/mol. The molecule has 0 amide bonds. The Labute approximate surface area is 117 Å². The number of benzene rings is 1. The molecule has 0 bridgehead atoms. The van der Waals surface area contributed by atoms with Crippen LogP contribution in [0, 0.1) is 0 Å². The number of likely N-dealkylation sites (N-methyl/N-ethyl adjacent to an activating group) is 1. The smallest absolute Gasteiger partial charge is 0.151 e. The summed E-state index contributed by atoms with van der Waals surface area (Å²) < 4.78 is 0. The fraction of sp³-hybridized carbons (Fsp3) is 0.333. The minimum absolute atomic E-state index is 0.612. The first-order valence-corrected chi connectivity index (χ1v) is 6.90. The highest BCUT2D eigenvalue weighted by Crippen LogP contribution is 2.30. The Balaban J connectivity index is 2.29. The van der Waals surface area contributed by atoms with E-state index in [-0.39, 0.29) is 0 Å². The fourth-order valence-corrected chi connectivity index (χ4v) is 2.94. The van der Waals surface area contributed by atoms with Crippen molar-refractivity contribution in [3.05, 3.63) is 40.0 Å². The Kier molecular flexibility index (Phi) is 3.25. The topological polar surface area (TPSA) is 33.2 Å². The predicted octanol–water partition coefficient (Wildman–Crippen LogP) is 3.08. The molecule has 1 aliphatic heterocycles. The minimum Gasteiger partial charge on any atom is -0.299 e. The average molecular weight is 275 g/mol. The second-order valence-electron chi connectivity index (χ2n) is 4.82. The maximum absolute atomic E-state index is 11.5. The number of aldehydes is 1. The van der Waals surface area contributed by atoms with Crippen LogP contribution in [0.4, 0.5) is 0 Å². The van der Waals surface area contributed by atoms with Gasteiger partial charge in [-0.05, 0) is 18.2 Å². The summed E-state index contributed by atoms with van der Waals surface area (Å²) in [4.78, 5) is 18.5. The van der Waals surface area contributed by atoms with E-state index in [0.717, 1.165) is 60.1 Å². The van der Waals surface area contributed by atoms with Crippen molar-refractivity contribution in [3.8, 4) is 0 Å². The van der Waals surface area contributed by atoms with Gasteiger partial charge in [-0.25, -0.2) is 0 Å². The average Bonchev–Trinajstić information content (AvgIpc) is 2.45. The normalized spacial score (nSPS) is 15.5. The molecule has 0 saturated carbocycles. The van der Waals surface area contributed by atoms with Crippen LogP contribution in [0.25, 0.3) is 10.9 Å². The van der Waals surface area contributed by atoms with Crippen molar-refractivity contribution >= 4 is 28.8 Å². The van der Waals surface area contributed by atoms with Crippen molar-refractivity contribution in [1.29, 1.82) is 0 Å². The van der Waals surface area contributed by atoms with Gasteiger partial charge in [0.05, 0.1) is 10.5 Å². The number of fused-ring (bicyclic) bond motifs is 2. The van der Waals surface area contributed by atoms with Crippen LogP contribution < -0.4 is 0 Å². The fourth-order valence-electron chi connectivity index (χ4n) is 2.72. The molecule has 2 heterocycles. The zero-order chi connectivity index (χ0) is 13.4. The standard InChI is InChI=1S/C15H15ClN2O/c1-2-18-7-6-14-11(8-18)12(9-19)10-4-3-5-13(16)15(10)17-14/h3-5,9H,2,6-8H2,1H3. The van der Waals surface area contributed by atoms with E-state index in [0.29, 0.717) is 5.02 Å². The van der Waals surface area contributed by atoms with E-state index < -0.39 is 0 Å². The summed E-state index contributed by atoms with van der Waals surface area (Å²) in [5.74, 6) is 0. The lowest BCUT2D eigenvalue weighted by Crippen LogP contribution is -2.31. The molecule has 3 rings (SSSR count). The Bertz CT molecular complexity index is 654. The van der Waals surface area contributed by atoms with Gasteiger partial charge in [0, 0.05) is 36.2 Å². The SMILES string of the molecule is CCN1CCc2nc3c(Cl)cccc3c(C=O)c2C1. The first kappa shape index (κ1) is 12.6. The van der Waals surface area contributed by atoms with Crippen LogP contribution in [0.5, 0.6) is 0 Å². The van der Waals surface area contributed by atoms with Crippen molar-refractivity contribution in [3.63, 3.8) is 0 Å². The number of rotatable bonds is 2. The molecule has 0 spiro atoms. The van der Waals surface area contributed by atoms with E-state index in [2.05, 4.69) is 16.8 Å². The third-order valence-electron chi connectivity index (χ3n) is 3.81. The van der Waals surface area contributed by atoms with Crippen LogP contribution in [0.2, 0.25) is 5.02 Å². The van der Waals surface area contributed by atoms with E-state index in [1.807, 2.05) is 18.2 Å². The lowest BCUT2D eigenvalue weighted by molar-refractivity contribution is 0.112. The molecular weight excluding hydrogens is 260 g/mol. The second kappa shape index (κ2) is 4.91. The molecule has 19 heavy (non-hydrogen) atoms. The summed E-state index contributed by atoms with van der Waals surface area (Å²) in [6.07, 6.45) is 1.82. The molecule has 1 aliphatic rings. The number of carbonyl (C=O) groups excluding carboxylic acids is 1. The van der Waals surface area contributed by atoms with Gasteiger partial charge >= 0.3 is 0 Å². The van der Waals surface area contributed by atoms with Gasteiger partial charge in [0.25, 0.3) is 0 Å². The number of hydrogen-bond acceptors (Lipinski definition) is 3. The van der Waals surface area contributed by atoms with Crippen molar-refractivity contribution < 1.29 is 4.79 Å². The lowest BCUT2D eigenvalue weighted by atomic mass is 9.96. The number of carbonyl (C=O) groups is 1. The third kappa shape index (κ3) is 2.03. The van der Waals surface area contributed by atoms with Gasteiger partial charge in [-0.2, -0.15) is 0 Å². The summed E-state index contributed by atoms with van der Waals surface area (Å²) in [6.45, 7) is 4.92. The largest absolute Gasteiger partial charge is 0.299 e. The molecule has 0 saturated heterocycles. The summed E-state index contributed by atoms with van der Waals surface area (Å²) >= 11 is 6.20. The molecule has 1 aromatic carbocycles. The summed E-state index contributed by atoms with van der Waals surface area (Å²) in [7, 11) is 0. The van der Waals surface area contributed by atoms with Crippen LogP contribution in [0.15, 0.2) is 18.2 Å². The Hall–Kier alpha value is -1.45. The summed E-state index contributed by atoms with van der Waals surface area (Å²) in [5.41, 5.74) is 3.58. The summed E-state index contributed by atoms with van der Waals surface area (Å²) in [6, 6.07) is 5.61. The molecular formula is C15H15ClN2O. The van der Waals surface area contributed by atoms with E-state index in [9.17, 15) is 4.79 Å². The molecule has 1 aromatic heterocycles. The highest BCUT2D eigenvalue weighted by atomic mass is 35.5. The molecule has 3 nitrogen and oxygen atoms in total. The number of halogens is 1. The van der Waals surface area contributed by atoms with Crippen molar-refractivity contribution in [2.24, 2.45) is 0 Å². The quantitative estimate of drug-likeness (QED) is 0.789. The highest BCUT2D eigenvalue weighted by Gasteiger charge is 2.21. The van der Waals surface area contributed by atoms with Gasteiger partial charge in [0.2, 0.25) is 0 Å². The number of para-hydroxylation sites is 1. The zero-order valence-corrected chi connectivity index (χ0v) is 11.6. The first-order chi connectivity index (χ1) is 9.24. The number of aromatic nitrogens is 1. The minimum atomic E-state index is 0.612. The van der Waals surface area contributed by atoms with Crippen molar-refractivity contribution in [2.45, 2.75) is 19.9 Å². The zero-order valence-electron chi connectivity index (χ0n) is 10.8. The number of pyridine rings is 1. The summed E-state index contributed by atoms with van der Waals surface area (Å²) in [5, 5.41) is 1.47. The van der Waals surface area contributed by atoms with Crippen LogP contribution in [-0.2, 0) is 13.0 Å². The molecule has 2 aromatic rings. The van der Waals surface area contributed by atoms with Gasteiger partial charge in [0.1, 0.15) is 0 Å². The molecule has 4 heteroatoms. The monoisotopic (exact) mass is 274 g/mol. The molecule has 0 N–H and O–H groups in total. The molecule has 0 aliphatic carbocycles. The van der Waals surface area contributed by atoms with Gasteiger partial charge in [0.15, 0.2) is 6.29 Å². The molecule has 98 valence electrons. The second-order valence-corrected chi connectivity index (χ2v) is 5.23. The Morgan fingerprint density at radius 2 is 2.32 bits per heavy atom.